The van der Waals surface area contributed by atoms with Crippen LogP contribution in [0.15, 0.2) is 59.5 Å². The summed E-state index contributed by atoms with van der Waals surface area (Å²) >= 11 is 0. The van der Waals surface area contributed by atoms with E-state index in [9.17, 15) is 24.6 Å². The smallest absolute Gasteiger partial charge is 0.426 e. The number of carboxylic acid groups (broad SMARTS) is 2. The van der Waals surface area contributed by atoms with E-state index in [1.807, 2.05) is 30.3 Å². The van der Waals surface area contributed by atoms with Gasteiger partial charge in [0.15, 0.2) is 16.9 Å². The van der Waals surface area contributed by atoms with E-state index in [4.69, 9.17) is 9.47 Å². The molecular formula is C22H18N2O7. The first-order valence-corrected chi connectivity index (χ1v) is 9.27. The third-order valence-electron chi connectivity index (χ3n) is 4.97. The minimum absolute atomic E-state index is 0.0642. The van der Waals surface area contributed by atoms with Crippen molar-refractivity contribution in [2.24, 2.45) is 0 Å². The van der Waals surface area contributed by atoms with Crippen LogP contribution in [0.4, 0.5) is 4.79 Å². The number of aromatic carboxylic acids is 1. The monoisotopic (exact) mass is 422 g/mol. The highest BCUT2D eigenvalue weighted by Gasteiger charge is 2.29. The van der Waals surface area contributed by atoms with E-state index >= 15 is 0 Å². The average Bonchev–Trinajstić information content (AvgIpc) is 2.76. The zero-order valence-electron chi connectivity index (χ0n) is 16.4. The second-order valence-corrected chi connectivity index (χ2v) is 6.86. The van der Waals surface area contributed by atoms with Crippen LogP contribution in [-0.4, -0.2) is 34.1 Å². The van der Waals surface area contributed by atoms with Crippen LogP contribution in [0.2, 0.25) is 0 Å². The summed E-state index contributed by atoms with van der Waals surface area (Å²) in [6, 6.07) is 14.0. The van der Waals surface area contributed by atoms with Crippen molar-refractivity contribution >= 4 is 12.1 Å². The molecule has 2 heterocycles. The molecule has 158 valence electrons. The van der Waals surface area contributed by atoms with Crippen LogP contribution in [0.25, 0.3) is 11.3 Å². The molecule has 1 amide bonds. The lowest BCUT2D eigenvalue weighted by Crippen LogP contribution is -2.43. The average molecular weight is 422 g/mol. The Morgan fingerprint density at radius 1 is 1.06 bits per heavy atom. The molecule has 31 heavy (non-hydrogen) atoms. The van der Waals surface area contributed by atoms with Gasteiger partial charge in [0.2, 0.25) is 0 Å². The number of benzene rings is 2. The number of methoxy groups -OCH3 is 1. The van der Waals surface area contributed by atoms with E-state index in [1.165, 1.54) is 7.11 Å². The Kier molecular flexibility index (Phi) is 5.08. The fourth-order valence-electron chi connectivity index (χ4n) is 3.46. The van der Waals surface area contributed by atoms with E-state index in [-0.39, 0.29) is 18.8 Å². The van der Waals surface area contributed by atoms with E-state index in [0.29, 0.717) is 22.6 Å². The zero-order valence-corrected chi connectivity index (χ0v) is 16.4. The summed E-state index contributed by atoms with van der Waals surface area (Å²) in [6.45, 7) is 0.224. The Morgan fingerprint density at radius 2 is 1.81 bits per heavy atom. The lowest BCUT2D eigenvalue weighted by molar-refractivity contribution is 0.0694. The summed E-state index contributed by atoms with van der Waals surface area (Å²) in [5.74, 6) is -0.605. The summed E-state index contributed by atoms with van der Waals surface area (Å²) in [4.78, 5) is 35.5. The molecule has 1 aliphatic heterocycles. The predicted molar refractivity (Wildman–Crippen MR) is 110 cm³/mol. The van der Waals surface area contributed by atoms with E-state index in [0.717, 1.165) is 27.5 Å². The molecule has 9 heteroatoms. The van der Waals surface area contributed by atoms with E-state index in [2.05, 4.69) is 0 Å². The van der Waals surface area contributed by atoms with Crippen LogP contribution in [0.5, 0.6) is 11.5 Å². The number of fused-ring (bicyclic) bond motifs is 3. The van der Waals surface area contributed by atoms with Gasteiger partial charge in [-0.3, -0.25) is 9.47 Å². The number of hydrogen-bond acceptors (Lipinski definition) is 5. The normalized spacial score (nSPS) is 12.0. The predicted octanol–water partition coefficient (Wildman–Crippen LogP) is 2.93. The Balaban J connectivity index is 1.81. The number of pyridine rings is 1. The van der Waals surface area contributed by atoms with Crippen molar-refractivity contribution in [1.29, 1.82) is 0 Å². The third-order valence-corrected chi connectivity index (χ3v) is 4.97. The van der Waals surface area contributed by atoms with Crippen molar-refractivity contribution in [3.05, 3.63) is 81.6 Å². The highest BCUT2D eigenvalue weighted by molar-refractivity contribution is 5.89. The van der Waals surface area contributed by atoms with Gasteiger partial charge in [-0.05, 0) is 23.3 Å². The summed E-state index contributed by atoms with van der Waals surface area (Å²) in [5.41, 5.74) is 1.09. The van der Waals surface area contributed by atoms with Crippen molar-refractivity contribution in [2.45, 2.75) is 13.2 Å². The standard InChI is InChI=1S/C22H18N2O7/c1-30-19-8-15-14(7-20(19)31-12-13-5-3-2-4-6-13)10-24(22(28)29)23-11-16(21(26)27)18(25)9-17(15)23/h2-9,11H,10,12H2,1H3,(H,26,27)(H,28,29). The number of rotatable bonds is 5. The second kappa shape index (κ2) is 7.86. The first-order valence-electron chi connectivity index (χ1n) is 9.27. The molecular weight excluding hydrogens is 404 g/mol. The van der Waals surface area contributed by atoms with Crippen LogP contribution in [0, 0.1) is 0 Å². The van der Waals surface area contributed by atoms with Crippen LogP contribution in [0.1, 0.15) is 21.5 Å². The molecule has 0 fully saturated rings. The maximum atomic E-state index is 12.3. The fraction of sp³-hybridized carbons (Fsp3) is 0.136. The van der Waals surface area contributed by atoms with Crippen molar-refractivity contribution in [3.63, 3.8) is 0 Å². The molecule has 2 aromatic carbocycles. The Bertz CT molecular complexity index is 1230. The largest absolute Gasteiger partial charge is 0.493 e. The van der Waals surface area contributed by atoms with Gasteiger partial charge in [-0.25, -0.2) is 14.6 Å². The summed E-state index contributed by atoms with van der Waals surface area (Å²) < 4.78 is 12.5. The molecule has 4 rings (SSSR count). The van der Waals surface area contributed by atoms with Gasteiger partial charge in [0.1, 0.15) is 12.2 Å². The van der Waals surface area contributed by atoms with Gasteiger partial charge >= 0.3 is 12.1 Å². The van der Waals surface area contributed by atoms with Gasteiger partial charge < -0.3 is 19.7 Å². The quantitative estimate of drug-likeness (QED) is 0.649. The van der Waals surface area contributed by atoms with Crippen LogP contribution < -0.4 is 19.9 Å². The van der Waals surface area contributed by atoms with Gasteiger partial charge in [0.25, 0.3) is 0 Å². The SMILES string of the molecule is COc1cc2c(cc1OCc1ccccc1)CN(C(=O)O)n1cc(C(=O)O)c(=O)cc1-2. The summed E-state index contributed by atoms with van der Waals surface area (Å²) in [6.07, 6.45) is -0.280. The first kappa shape index (κ1) is 20.0. The molecule has 1 aromatic heterocycles. The molecule has 0 radical (unpaired) electrons. The highest BCUT2D eigenvalue weighted by atomic mass is 16.5. The zero-order chi connectivity index (χ0) is 22.1. The van der Waals surface area contributed by atoms with Crippen LogP contribution in [0.3, 0.4) is 0 Å². The summed E-state index contributed by atoms with van der Waals surface area (Å²) in [7, 11) is 1.48. The number of carbonyl (C=O) groups is 2. The molecule has 0 bridgehead atoms. The molecule has 0 unspecified atom stereocenters. The fourth-order valence-corrected chi connectivity index (χ4v) is 3.46. The number of hydrogen-bond donors (Lipinski definition) is 2. The number of amides is 1. The van der Waals surface area contributed by atoms with Gasteiger partial charge in [0.05, 0.1) is 19.3 Å². The molecule has 0 spiro atoms. The van der Waals surface area contributed by atoms with Crippen molar-refractivity contribution in [1.82, 2.24) is 4.68 Å². The van der Waals surface area contributed by atoms with Crippen LogP contribution in [-0.2, 0) is 13.2 Å². The molecule has 0 saturated carbocycles. The number of ether oxygens (including phenoxy) is 2. The lowest BCUT2D eigenvalue weighted by atomic mass is 9.99. The molecule has 9 nitrogen and oxygen atoms in total. The maximum absolute atomic E-state index is 12.3. The van der Waals surface area contributed by atoms with Crippen molar-refractivity contribution < 1.29 is 29.3 Å². The third kappa shape index (κ3) is 3.68. The molecule has 2 N–H and O–H groups in total. The van der Waals surface area contributed by atoms with Crippen LogP contribution >= 0.6 is 0 Å². The van der Waals surface area contributed by atoms with Gasteiger partial charge in [-0.15, -0.1) is 0 Å². The molecule has 0 aliphatic carbocycles. The molecule has 1 aliphatic rings. The number of carboxylic acids is 1. The first-order chi connectivity index (χ1) is 14.9. The Hall–Kier alpha value is -4.27. The minimum Gasteiger partial charge on any atom is -0.493 e. The van der Waals surface area contributed by atoms with Gasteiger partial charge in [0, 0.05) is 17.8 Å². The second-order valence-electron chi connectivity index (χ2n) is 6.86. The van der Waals surface area contributed by atoms with E-state index < -0.39 is 23.1 Å². The van der Waals surface area contributed by atoms with Crippen molar-refractivity contribution in [3.8, 4) is 22.8 Å². The van der Waals surface area contributed by atoms with Crippen molar-refractivity contribution in [2.75, 3.05) is 12.1 Å². The Morgan fingerprint density at radius 3 is 2.45 bits per heavy atom. The lowest BCUT2D eigenvalue weighted by Gasteiger charge is -2.32. The Labute approximate surface area is 176 Å². The van der Waals surface area contributed by atoms with Gasteiger partial charge in [-0.1, -0.05) is 30.3 Å². The molecule has 0 saturated heterocycles. The highest BCUT2D eigenvalue weighted by Crippen LogP contribution is 2.38. The van der Waals surface area contributed by atoms with E-state index in [1.54, 1.807) is 12.1 Å². The number of aromatic nitrogens is 1. The van der Waals surface area contributed by atoms with Gasteiger partial charge in [-0.2, -0.15) is 0 Å². The topological polar surface area (TPSA) is 118 Å². The molecule has 3 aromatic rings. The summed E-state index contributed by atoms with van der Waals surface area (Å²) in [5, 5.41) is 19.8. The minimum atomic E-state index is -1.43. The maximum Gasteiger partial charge on any atom is 0.426 e. The molecule has 0 atom stereocenters. The number of nitrogens with zero attached hydrogens (tertiary/aromatic N) is 2.